The first kappa shape index (κ1) is 18.2. The molecular weight excluding hydrogens is 372 g/mol. The van der Waals surface area contributed by atoms with Crippen LogP contribution in [-0.4, -0.2) is 10.2 Å². The Morgan fingerprint density at radius 3 is 2.52 bits per heavy atom. The Labute approximate surface area is 165 Å². The van der Waals surface area contributed by atoms with Crippen LogP contribution in [0.1, 0.15) is 5.56 Å². The van der Waals surface area contributed by atoms with E-state index in [1.54, 1.807) is 66.7 Å². The minimum Gasteiger partial charge on any atom is -0.508 e. The zero-order chi connectivity index (χ0) is 20.2. The molecule has 0 atom stereocenters. The van der Waals surface area contributed by atoms with Gasteiger partial charge in [-0.2, -0.15) is 5.11 Å². The summed E-state index contributed by atoms with van der Waals surface area (Å²) in [4.78, 5) is 12.1. The van der Waals surface area contributed by atoms with Gasteiger partial charge in [0.15, 0.2) is 5.75 Å². The molecular formula is C22H16N2O5. The summed E-state index contributed by atoms with van der Waals surface area (Å²) in [5.74, 6) is 0.516. The van der Waals surface area contributed by atoms with Gasteiger partial charge in [0.05, 0.1) is 11.1 Å². The summed E-state index contributed by atoms with van der Waals surface area (Å²) in [5, 5.41) is 28.0. The molecule has 0 bridgehead atoms. The van der Waals surface area contributed by atoms with Gasteiger partial charge >= 0.3 is 5.63 Å². The third-order valence-corrected chi connectivity index (χ3v) is 4.18. The highest BCUT2D eigenvalue weighted by Gasteiger charge is 2.13. The molecule has 0 aliphatic rings. The standard InChI is InChI=1S/C22H16N2O5/c25-16-8-10-17(11-9-16)28-13-14-4-3-5-15(12-14)23-24-20-21(26)18-6-1-2-7-19(18)29-22(20)27/h1-12,25-26H,13H2. The van der Waals surface area contributed by atoms with Crippen LogP contribution >= 0.6 is 0 Å². The second kappa shape index (κ2) is 7.85. The fourth-order valence-electron chi connectivity index (χ4n) is 2.74. The van der Waals surface area contributed by atoms with E-state index in [-0.39, 0.29) is 29.4 Å². The molecule has 0 spiro atoms. The summed E-state index contributed by atoms with van der Waals surface area (Å²) in [5.41, 5.74) is 0.585. The number of hydrogen-bond donors (Lipinski definition) is 2. The molecule has 2 N–H and O–H groups in total. The monoisotopic (exact) mass is 388 g/mol. The molecule has 0 saturated heterocycles. The van der Waals surface area contributed by atoms with Gasteiger partial charge in [0.1, 0.15) is 23.7 Å². The Kier molecular flexibility index (Phi) is 4.94. The summed E-state index contributed by atoms with van der Waals surface area (Å²) in [7, 11) is 0. The Balaban J connectivity index is 1.55. The third-order valence-electron chi connectivity index (χ3n) is 4.18. The van der Waals surface area contributed by atoms with Crippen molar-refractivity contribution in [3.63, 3.8) is 0 Å². The highest BCUT2D eigenvalue weighted by atomic mass is 16.5. The van der Waals surface area contributed by atoms with E-state index in [4.69, 9.17) is 9.15 Å². The fraction of sp³-hybridized carbons (Fsp3) is 0.0455. The average Bonchev–Trinajstić information content (AvgIpc) is 2.73. The lowest BCUT2D eigenvalue weighted by Crippen LogP contribution is -1.98. The lowest BCUT2D eigenvalue weighted by Gasteiger charge is -2.06. The molecule has 1 aromatic heterocycles. The molecule has 4 aromatic rings. The smallest absolute Gasteiger partial charge is 0.368 e. The highest BCUT2D eigenvalue weighted by Crippen LogP contribution is 2.32. The van der Waals surface area contributed by atoms with Crippen LogP contribution in [0.2, 0.25) is 0 Å². The first-order chi connectivity index (χ1) is 14.1. The molecule has 0 radical (unpaired) electrons. The highest BCUT2D eigenvalue weighted by molar-refractivity contribution is 5.87. The first-order valence-corrected chi connectivity index (χ1v) is 8.77. The SMILES string of the molecule is O=c1oc2ccccc2c(O)c1N=Nc1cccc(COc2ccc(O)cc2)c1. The Morgan fingerprint density at radius 1 is 0.897 bits per heavy atom. The van der Waals surface area contributed by atoms with Crippen LogP contribution in [0.5, 0.6) is 17.2 Å². The fourth-order valence-corrected chi connectivity index (χ4v) is 2.74. The second-order valence-corrected chi connectivity index (χ2v) is 6.24. The van der Waals surface area contributed by atoms with Crippen LogP contribution in [-0.2, 0) is 6.61 Å². The number of rotatable bonds is 5. The largest absolute Gasteiger partial charge is 0.508 e. The summed E-state index contributed by atoms with van der Waals surface area (Å²) in [6, 6.07) is 20.2. The van der Waals surface area contributed by atoms with Crippen molar-refractivity contribution in [1.29, 1.82) is 0 Å². The third kappa shape index (κ3) is 4.08. The van der Waals surface area contributed by atoms with Crippen molar-refractivity contribution in [1.82, 2.24) is 0 Å². The van der Waals surface area contributed by atoms with Gasteiger partial charge in [0.25, 0.3) is 0 Å². The van der Waals surface area contributed by atoms with Gasteiger partial charge in [-0.15, -0.1) is 5.11 Å². The Hall–Kier alpha value is -4.13. The molecule has 29 heavy (non-hydrogen) atoms. The van der Waals surface area contributed by atoms with E-state index in [1.165, 1.54) is 0 Å². The Bertz CT molecular complexity index is 1250. The molecule has 0 aliphatic heterocycles. The van der Waals surface area contributed by atoms with E-state index in [2.05, 4.69) is 10.2 Å². The van der Waals surface area contributed by atoms with Gasteiger partial charge in [0, 0.05) is 0 Å². The number of benzene rings is 3. The molecule has 0 saturated carbocycles. The van der Waals surface area contributed by atoms with Crippen LogP contribution in [0.4, 0.5) is 11.4 Å². The Morgan fingerprint density at radius 2 is 1.69 bits per heavy atom. The van der Waals surface area contributed by atoms with Crippen molar-refractivity contribution in [2.24, 2.45) is 10.2 Å². The number of hydrogen-bond acceptors (Lipinski definition) is 7. The van der Waals surface area contributed by atoms with Gasteiger partial charge in [-0.25, -0.2) is 4.79 Å². The van der Waals surface area contributed by atoms with Crippen LogP contribution in [0.15, 0.2) is 92.2 Å². The van der Waals surface area contributed by atoms with Gasteiger partial charge < -0.3 is 19.4 Å². The maximum absolute atomic E-state index is 12.1. The predicted molar refractivity (Wildman–Crippen MR) is 107 cm³/mol. The van der Waals surface area contributed by atoms with Gasteiger partial charge in [-0.1, -0.05) is 24.3 Å². The van der Waals surface area contributed by atoms with E-state index in [1.807, 2.05) is 6.07 Å². The summed E-state index contributed by atoms with van der Waals surface area (Å²) >= 11 is 0. The molecule has 4 rings (SSSR count). The molecule has 1 heterocycles. The van der Waals surface area contributed by atoms with Crippen molar-refractivity contribution in [2.75, 3.05) is 0 Å². The van der Waals surface area contributed by atoms with E-state index >= 15 is 0 Å². The number of azo groups is 1. The maximum atomic E-state index is 12.1. The van der Waals surface area contributed by atoms with E-state index in [9.17, 15) is 15.0 Å². The molecule has 0 amide bonds. The normalized spacial score (nSPS) is 11.2. The quantitative estimate of drug-likeness (QED) is 0.361. The van der Waals surface area contributed by atoms with E-state index in [0.29, 0.717) is 16.8 Å². The van der Waals surface area contributed by atoms with E-state index < -0.39 is 5.63 Å². The average molecular weight is 388 g/mol. The van der Waals surface area contributed by atoms with Crippen molar-refractivity contribution < 1.29 is 19.4 Å². The first-order valence-electron chi connectivity index (χ1n) is 8.77. The van der Waals surface area contributed by atoms with Crippen molar-refractivity contribution >= 4 is 22.3 Å². The minimum atomic E-state index is -0.767. The molecule has 144 valence electrons. The lowest BCUT2D eigenvalue weighted by atomic mass is 10.2. The molecule has 7 nitrogen and oxygen atoms in total. The topological polar surface area (TPSA) is 105 Å². The summed E-state index contributed by atoms with van der Waals surface area (Å²) < 4.78 is 10.8. The second-order valence-electron chi connectivity index (χ2n) is 6.24. The number of phenolic OH excluding ortho intramolecular Hbond substituents is 1. The zero-order valence-corrected chi connectivity index (χ0v) is 15.1. The van der Waals surface area contributed by atoms with Crippen molar-refractivity contribution in [3.05, 3.63) is 88.8 Å². The number of fused-ring (bicyclic) bond motifs is 1. The molecule has 0 fully saturated rings. The van der Waals surface area contributed by atoms with Crippen LogP contribution in [0, 0.1) is 0 Å². The van der Waals surface area contributed by atoms with Crippen LogP contribution in [0.3, 0.4) is 0 Å². The number of phenols is 1. The molecule has 3 aromatic carbocycles. The summed E-state index contributed by atoms with van der Waals surface area (Å²) in [6.45, 7) is 0.289. The zero-order valence-electron chi connectivity index (χ0n) is 15.1. The number of nitrogens with zero attached hydrogens (tertiary/aromatic N) is 2. The van der Waals surface area contributed by atoms with Gasteiger partial charge in [0.2, 0.25) is 5.69 Å². The van der Waals surface area contributed by atoms with E-state index in [0.717, 1.165) is 5.56 Å². The van der Waals surface area contributed by atoms with Crippen molar-refractivity contribution in [3.8, 4) is 17.2 Å². The predicted octanol–water partition coefficient (Wildman–Crippen LogP) is 5.20. The number of para-hydroxylation sites is 1. The minimum absolute atomic E-state index is 0.168. The van der Waals surface area contributed by atoms with Crippen LogP contribution < -0.4 is 10.4 Å². The molecule has 0 aliphatic carbocycles. The molecule has 7 heteroatoms. The van der Waals surface area contributed by atoms with Crippen molar-refractivity contribution in [2.45, 2.75) is 6.61 Å². The van der Waals surface area contributed by atoms with Crippen LogP contribution in [0.25, 0.3) is 11.0 Å². The van der Waals surface area contributed by atoms with Gasteiger partial charge in [-0.3, -0.25) is 0 Å². The maximum Gasteiger partial charge on any atom is 0.368 e. The van der Waals surface area contributed by atoms with Gasteiger partial charge in [-0.05, 0) is 54.1 Å². The number of ether oxygens (including phenoxy) is 1. The number of aromatic hydroxyl groups is 2. The lowest BCUT2D eigenvalue weighted by molar-refractivity contribution is 0.305. The summed E-state index contributed by atoms with van der Waals surface area (Å²) in [6.07, 6.45) is 0. The molecule has 0 unspecified atom stereocenters.